The van der Waals surface area contributed by atoms with Crippen LogP contribution in [0.1, 0.15) is 17.9 Å². The van der Waals surface area contributed by atoms with Crippen molar-refractivity contribution in [1.82, 2.24) is 15.0 Å². The van der Waals surface area contributed by atoms with Gasteiger partial charge in [-0.25, -0.2) is 0 Å². The molecule has 4 rings (SSSR count). The van der Waals surface area contributed by atoms with Gasteiger partial charge in [0.15, 0.2) is 5.76 Å². The van der Waals surface area contributed by atoms with Crippen LogP contribution in [0.5, 0.6) is 5.75 Å². The normalized spacial score (nSPS) is 15.4. The number of rotatable bonds is 4. The standard InChI is InChI=1S/C18H17N3O3/c22-15-5-3-13(4-6-15)14-7-9-21(10-8-14)12-17-19-18(20-24-17)16-2-1-11-23-16/h1-7,11,22H,8-10,12H2. The average Bonchev–Trinajstić information content (AvgIpc) is 3.28. The molecule has 1 aliphatic heterocycles. The van der Waals surface area contributed by atoms with Crippen molar-refractivity contribution in [2.24, 2.45) is 0 Å². The second-order valence-electron chi connectivity index (χ2n) is 5.75. The van der Waals surface area contributed by atoms with Gasteiger partial charge in [0.25, 0.3) is 0 Å². The number of hydrogen-bond donors (Lipinski definition) is 1. The first-order chi connectivity index (χ1) is 11.8. The van der Waals surface area contributed by atoms with Crippen molar-refractivity contribution >= 4 is 5.57 Å². The maximum absolute atomic E-state index is 9.37. The number of aromatic nitrogens is 2. The van der Waals surface area contributed by atoms with Gasteiger partial charge in [0.2, 0.25) is 11.7 Å². The number of furan rings is 1. The van der Waals surface area contributed by atoms with Crippen LogP contribution in [0.15, 0.2) is 57.7 Å². The first-order valence-corrected chi connectivity index (χ1v) is 7.85. The zero-order chi connectivity index (χ0) is 16.4. The number of benzene rings is 1. The molecule has 0 unspecified atom stereocenters. The number of nitrogens with zero attached hydrogens (tertiary/aromatic N) is 3. The van der Waals surface area contributed by atoms with Crippen molar-refractivity contribution < 1.29 is 14.0 Å². The van der Waals surface area contributed by atoms with Crippen LogP contribution in [-0.4, -0.2) is 33.2 Å². The van der Waals surface area contributed by atoms with Crippen LogP contribution in [0, 0.1) is 0 Å². The lowest BCUT2D eigenvalue weighted by Gasteiger charge is -2.24. The van der Waals surface area contributed by atoms with Crippen LogP contribution in [0.3, 0.4) is 0 Å². The van der Waals surface area contributed by atoms with E-state index in [2.05, 4.69) is 21.1 Å². The zero-order valence-electron chi connectivity index (χ0n) is 13.1. The van der Waals surface area contributed by atoms with Crippen LogP contribution < -0.4 is 0 Å². The predicted molar refractivity (Wildman–Crippen MR) is 88.0 cm³/mol. The quantitative estimate of drug-likeness (QED) is 0.794. The third-order valence-corrected chi connectivity index (χ3v) is 4.10. The molecule has 3 heterocycles. The molecule has 1 aromatic carbocycles. The summed E-state index contributed by atoms with van der Waals surface area (Å²) in [5.41, 5.74) is 2.46. The van der Waals surface area contributed by atoms with Crippen molar-refractivity contribution in [2.45, 2.75) is 13.0 Å². The molecule has 0 radical (unpaired) electrons. The van der Waals surface area contributed by atoms with E-state index < -0.39 is 0 Å². The lowest BCUT2D eigenvalue weighted by molar-refractivity contribution is 0.245. The molecule has 1 N–H and O–H groups in total. The van der Waals surface area contributed by atoms with E-state index in [1.807, 2.05) is 18.2 Å². The Kier molecular flexibility index (Phi) is 3.88. The highest BCUT2D eigenvalue weighted by atomic mass is 16.5. The van der Waals surface area contributed by atoms with Crippen molar-refractivity contribution in [3.8, 4) is 17.3 Å². The third kappa shape index (κ3) is 3.09. The molecule has 0 atom stereocenters. The molecule has 122 valence electrons. The summed E-state index contributed by atoms with van der Waals surface area (Å²) in [4.78, 5) is 6.63. The van der Waals surface area contributed by atoms with Crippen LogP contribution in [0.2, 0.25) is 0 Å². The van der Waals surface area contributed by atoms with E-state index >= 15 is 0 Å². The fraction of sp³-hybridized carbons (Fsp3) is 0.222. The fourth-order valence-electron chi connectivity index (χ4n) is 2.81. The van der Waals surface area contributed by atoms with Gasteiger partial charge in [-0.3, -0.25) is 4.90 Å². The number of aromatic hydroxyl groups is 1. The van der Waals surface area contributed by atoms with Crippen molar-refractivity contribution in [3.05, 3.63) is 60.2 Å². The summed E-state index contributed by atoms with van der Waals surface area (Å²) in [5, 5.41) is 13.3. The maximum atomic E-state index is 9.37. The third-order valence-electron chi connectivity index (χ3n) is 4.10. The molecule has 0 spiro atoms. The minimum absolute atomic E-state index is 0.292. The maximum Gasteiger partial charge on any atom is 0.241 e. The lowest BCUT2D eigenvalue weighted by atomic mass is 9.99. The first-order valence-electron chi connectivity index (χ1n) is 7.85. The minimum Gasteiger partial charge on any atom is -0.508 e. The lowest BCUT2D eigenvalue weighted by Crippen LogP contribution is -2.28. The van der Waals surface area contributed by atoms with E-state index in [1.165, 1.54) is 5.57 Å². The van der Waals surface area contributed by atoms with E-state index in [0.29, 0.717) is 29.8 Å². The van der Waals surface area contributed by atoms with Gasteiger partial charge in [-0.1, -0.05) is 23.4 Å². The molecular formula is C18H17N3O3. The number of phenols is 1. The van der Waals surface area contributed by atoms with E-state index in [4.69, 9.17) is 8.94 Å². The van der Waals surface area contributed by atoms with E-state index in [1.54, 1.807) is 24.5 Å². The zero-order valence-corrected chi connectivity index (χ0v) is 13.1. The molecule has 0 aliphatic carbocycles. The van der Waals surface area contributed by atoms with Gasteiger partial charge in [-0.15, -0.1) is 0 Å². The van der Waals surface area contributed by atoms with E-state index in [9.17, 15) is 5.11 Å². The van der Waals surface area contributed by atoms with Gasteiger partial charge in [-0.2, -0.15) is 4.98 Å². The molecular weight excluding hydrogens is 306 g/mol. The Morgan fingerprint density at radius 3 is 2.75 bits per heavy atom. The van der Waals surface area contributed by atoms with Crippen molar-refractivity contribution in [2.75, 3.05) is 13.1 Å². The summed E-state index contributed by atoms with van der Waals surface area (Å²) in [6.07, 6.45) is 4.75. The summed E-state index contributed by atoms with van der Waals surface area (Å²) in [6, 6.07) is 10.9. The van der Waals surface area contributed by atoms with Crippen molar-refractivity contribution in [3.63, 3.8) is 0 Å². The summed E-state index contributed by atoms with van der Waals surface area (Å²) in [5.74, 6) is 1.97. The Morgan fingerprint density at radius 2 is 2.04 bits per heavy atom. The van der Waals surface area contributed by atoms with Gasteiger partial charge < -0.3 is 14.0 Å². The molecule has 2 aromatic heterocycles. The first kappa shape index (κ1) is 14.7. The van der Waals surface area contributed by atoms with Gasteiger partial charge >= 0.3 is 0 Å². The molecule has 6 heteroatoms. The minimum atomic E-state index is 0.292. The highest BCUT2D eigenvalue weighted by Crippen LogP contribution is 2.25. The molecule has 0 saturated heterocycles. The van der Waals surface area contributed by atoms with E-state index in [-0.39, 0.29) is 0 Å². The Morgan fingerprint density at radius 1 is 1.17 bits per heavy atom. The molecule has 0 saturated carbocycles. The Bertz CT molecular complexity index is 835. The topological polar surface area (TPSA) is 75.5 Å². The van der Waals surface area contributed by atoms with Gasteiger partial charge in [0.1, 0.15) is 5.75 Å². The molecule has 1 aliphatic rings. The largest absolute Gasteiger partial charge is 0.508 e. The van der Waals surface area contributed by atoms with Crippen LogP contribution in [-0.2, 0) is 6.54 Å². The van der Waals surface area contributed by atoms with Gasteiger partial charge in [0.05, 0.1) is 12.8 Å². The molecule has 0 amide bonds. The van der Waals surface area contributed by atoms with Crippen LogP contribution in [0.4, 0.5) is 0 Å². The molecule has 24 heavy (non-hydrogen) atoms. The smallest absolute Gasteiger partial charge is 0.241 e. The summed E-state index contributed by atoms with van der Waals surface area (Å²) >= 11 is 0. The Labute approximate surface area is 139 Å². The summed E-state index contributed by atoms with van der Waals surface area (Å²) in [6.45, 7) is 2.37. The second-order valence-corrected chi connectivity index (χ2v) is 5.75. The number of phenolic OH excluding ortho intramolecular Hbond substituents is 1. The molecule has 6 nitrogen and oxygen atoms in total. The van der Waals surface area contributed by atoms with Crippen LogP contribution >= 0.6 is 0 Å². The summed E-state index contributed by atoms with van der Waals surface area (Å²) in [7, 11) is 0. The second kappa shape index (κ2) is 6.33. The molecule has 3 aromatic rings. The monoisotopic (exact) mass is 323 g/mol. The SMILES string of the molecule is Oc1ccc(C2=CCN(Cc3nc(-c4ccco4)no3)CC2)cc1. The highest BCUT2D eigenvalue weighted by Gasteiger charge is 2.17. The fourth-order valence-corrected chi connectivity index (χ4v) is 2.81. The predicted octanol–water partition coefficient (Wildman–Crippen LogP) is 3.32. The Hall–Kier alpha value is -2.86. The van der Waals surface area contributed by atoms with E-state index in [0.717, 1.165) is 25.1 Å². The molecule has 0 fully saturated rings. The van der Waals surface area contributed by atoms with Gasteiger partial charge in [-0.05, 0) is 41.8 Å². The van der Waals surface area contributed by atoms with Gasteiger partial charge in [0, 0.05) is 13.1 Å². The molecule has 0 bridgehead atoms. The van der Waals surface area contributed by atoms with Crippen LogP contribution in [0.25, 0.3) is 17.2 Å². The van der Waals surface area contributed by atoms with Crippen molar-refractivity contribution in [1.29, 1.82) is 0 Å². The highest BCUT2D eigenvalue weighted by molar-refractivity contribution is 5.67. The summed E-state index contributed by atoms with van der Waals surface area (Å²) < 4.78 is 10.6. The number of hydrogen-bond acceptors (Lipinski definition) is 6. The average molecular weight is 323 g/mol. The Balaban J connectivity index is 1.40.